The van der Waals surface area contributed by atoms with Gasteiger partial charge in [-0.05, 0) is 71.0 Å². The number of hydrogen-bond acceptors (Lipinski definition) is 4. The van der Waals surface area contributed by atoms with Crippen LogP contribution in [0.15, 0.2) is 89.8 Å². The van der Waals surface area contributed by atoms with Crippen LogP contribution in [0, 0.1) is 3.57 Å². The maximum Gasteiger partial charge on any atom is 0.264 e. The Balaban J connectivity index is 2.03. The predicted octanol–water partition coefficient (Wildman–Crippen LogP) is 4.04. The number of halogens is 1. The Morgan fingerprint density at radius 3 is 2.03 bits per heavy atom. The maximum atomic E-state index is 13.7. The van der Waals surface area contributed by atoms with Gasteiger partial charge in [-0.3, -0.25) is 13.9 Å². The SMILES string of the molecule is CC[C@@H](C(=O)NC)N(Cc1ccccc1)C(=O)CN(c1ccc(I)cc1)S(=O)(=O)c1ccccc1. The molecule has 35 heavy (non-hydrogen) atoms. The number of benzene rings is 3. The minimum atomic E-state index is -4.04. The average Bonchev–Trinajstić information content (AvgIpc) is 2.88. The van der Waals surface area contributed by atoms with E-state index in [1.54, 1.807) is 42.5 Å². The molecule has 0 aliphatic heterocycles. The number of hydrogen-bond donors (Lipinski definition) is 1. The van der Waals surface area contributed by atoms with E-state index in [-0.39, 0.29) is 17.3 Å². The van der Waals surface area contributed by atoms with E-state index in [0.717, 1.165) is 13.4 Å². The molecular weight excluding hydrogens is 577 g/mol. The Kier molecular flexibility index (Phi) is 9.27. The third-order valence-electron chi connectivity index (χ3n) is 5.55. The molecule has 0 saturated heterocycles. The Hall–Kier alpha value is -2.92. The largest absolute Gasteiger partial charge is 0.357 e. The Morgan fingerprint density at radius 1 is 0.914 bits per heavy atom. The standard InChI is InChI=1S/C26H28IN3O4S/c1-3-24(26(32)28-2)29(18-20-10-6-4-7-11-20)25(31)19-30(22-16-14-21(27)15-17-22)35(33,34)23-12-8-5-9-13-23/h4-17,24H,3,18-19H2,1-2H3,(H,28,32)/t24-/m0/s1. The summed E-state index contributed by atoms with van der Waals surface area (Å²) in [6, 6.07) is 23.5. The molecule has 3 rings (SSSR count). The van der Waals surface area contributed by atoms with Crippen LogP contribution in [0.3, 0.4) is 0 Å². The fourth-order valence-electron chi connectivity index (χ4n) is 3.72. The van der Waals surface area contributed by atoms with Crippen LogP contribution in [0.2, 0.25) is 0 Å². The normalized spacial score (nSPS) is 12.0. The van der Waals surface area contributed by atoms with Crippen molar-refractivity contribution in [3.05, 3.63) is 94.1 Å². The van der Waals surface area contributed by atoms with E-state index in [9.17, 15) is 18.0 Å². The molecular formula is C26H28IN3O4S. The molecule has 7 nitrogen and oxygen atoms in total. The van der Waals surface area contributed by atoms with Gasteiger partial charge in [-0.2, -0.15) is 0 Å². The van der Waals surface area contributed by atoms with Gasteiger partial charge in [0.1, 0.15) is 12.6 Å². The highest BCUT2D eigenvalue weighted by atomic mass is 127. The molecule has 0 spiro atoms. The van der Waals surface area contributed by atoms with E-state index in [2.05, 4.69) is 27.9 Å². The number of anilines is 1. The van der Waals surface area contributed by atoms with Crippen molar-refractivity contribution in [2.75, 3.05) is 17.9 Å². The molecule has 0 saturated carbocycles. The molecule has 0 aliphatic carbocycles. The molecule has 1 atom stereocenters. The molecule has 0 aliphatic rings. The summed E-state index contributed by atoms with van der Waals surface area (Å²) in [4.78, 5) is 27.9. The van der Waals surface area contributed by atoms with Gasteiger partial charge in [0.25, 0.3) is 10.0 Å². The molecule has 0 bridgehead atoms. The van der Waals surface area contributed by atoms with E-state index in [1.165, 1.54) is 24.1 Å². The van der Waals surface area contributed by atoms with Gasteiger partial charge in [-0.25, -0.2) is 8.42 Å². The van der Waals surface area contributed by atoms with Gasteiger partial charge in [-0.15, -0.1) is 0 Å². The van der Waals surface area contributed by atoms with E-state index in [4.69, 9.17) is 0 Å². The van der Waals surface area contributed by atoms with Crippen LogP contribution in [0.1, 0.15) is 18.9 Å². The summed E-state index contributed by atoms with van der Waals surface area (Å²) in [5.41, 5.74) is 1.21. The Labute approximate surface area is 220 Å². The Bertz CT molecular complexity index is 1240. The minimum absolute atomic E-state index is 0.0827. The highest BCUT2D eigenvalue weighted by molar-refractivity contribution is 14.1. The summed E-state index contributed by atoms with van der Waals surface area (Å²) in [5.74, 6) is -0.772. The van der Waals surface area contributed by atoms with Crippen molar-refractivity contribution in [2.24, 2.45) is 0 Å². The number of sulfonamides is 1. The zero-order valence-electron chi connectivity index (χ0n) is 19.6. The van der Waals surface area contributed by atoms with Crippen molar-refractivity contribution in [2.45, 2.75) is 30.8 Å². The van der Waals surface area contributed by atoms with Gasteiger partial charge in [-0.1, -0.05) is 55.5 Å². The fourth-order valence-corrected chi connectivity index (χ4v) is 5.52. The lowest BCUT2D eigenvalue weighted by Gasteiger charge is -2.33. The van der Waals surface area contributed by atoms with Crippen molar-refractivity contribution < 1.29 is 18.0 Å². The van der Waals surface area contributed by atoms with Crippen molar-refractivity contribution in [1.29, 1.82) is 0 Å². The van der Waals surface area contributed by atoms with Crippen molar-refractivity contribution in [3.63, 3.8) is 0 Å². The molecule has 0 unspecified atom stereocenters. The second-order valence-corrected chi connectivity index (χ2v) is 11.0. The summed E-state index contributed by atoms with van der Waals surface area (Å²) in [6.45, 7) is 1.55. The van der Waals surface area contributed by atoms with Crippen molar-refractivity contribution >= 4 is 50.1 Å². The molecule has 2 amide bonds. The van der Waals surface area contributed by atoms with E-state index in [1.807, 2.05) is 37.3 Å². The number of likely N-dealkylation sites (N-methyl/N-ethyl adjacent to an activating group) is 1. The molecule has 0 aromatic heterocycles. The first-order chi connectivity index (χ1) is 16.8. The number of nitrogens with one attached hydrogen (secondary N) is 1. The van der Waals surface area contributed by atoms with Gasteiger partial charge >= 0.3 is 0 Å². The van der Waals surface area contributed by atoms with Crippen LogP contribution in [0.5, 0.6) is 0 Å². The second-order valence-electron chi connectivity index (χ2n) is 7.85. The molecule has 3 aromatic carbocycles. The minimum Gasteiger partial charge on any atom is -0.357 e. The summed E-state index contributed by atoms with van der Waals surface area (Å²) < 4.78 is 29.3. The van der Waals surface area contributed by atoms with E-state index < -0.39 is 28.5 Å². The molecule has 3 aromatic rings. The first kappa shape index (κ1) is 26.7. The first-order valence-electron chi connectivity index (χ1n) is 11.2. The van der Waals surface area contributed by atoms with Crippen molar-refractivity contribution in [3.8, 4) is 0 Å². The topological polar surface area (TPSA) is 86.8 Å². The molecule has 1 N–H and O–H groups in total. The smallest absolute Gasteiger partial charge is 0.264 e. The van der Waals surface area contributed by atoms with E-state index in [0.29, 0.717) is 12.1 Å². The lowest BCUT2D eigenvalue weighted by atomic mass is 10.1. The van der Waals surface area contributed by atoms with Gasteiger partial charge < -0.3 is 10.2 Å². The van der Waals surface area contributed by atoms with Crippen LogP contribution in [0.4, 0.5) is 5.69 Å². The molecule has 9 heteroatoms. The number of carbonyl (C=O) groups is 2. The van der Waals surface area contributed by atoms with E-state index >= 15 is 0 Å². The van der Waals surface area contributed by atoms with Crippen LogP contribution in [-0.4, -0.2) is 44.8 Å². The molecule has 0 fully saturated rings. The third kappa shape index (κ3) is 6.61. The summed E-state index contributed by atoms with van der Waals surface area (Å²) in [6.07, 6.45) is 0.382. The summed E-state index contributed by atoms with van der Waals surface area (Å²) in [5, 5.41) is 2.62. The lowest BCUT2D eigenvalue weighted by Crippen LogP contribution is -2.51. The van der Waals surface area contributed by atoms with Crippen LogP contribution >= 0.6 is 22.6 Å². The highest BCUT2D eigenvalue weighted by Gasteiger charge is 2.33. The first-order valence-corrected chi connectivity index (χ1v) is 13.7. The van der Waals surface area contributed by atoms with Crippen LogP contribution in [-0.2, 0) is 26.2 Å². The number of amides is 2. The molecule has 0 heterocycles. The van der Waals surface area contributed by atoms with Crippen LogP contribution in [0.25, 0.3) is 0 Å². The average molecular weight is 605 g/mol. The zero-order chi connectivity index (χ0) is 25.4. The predicted molar refractivity (Wildman–Crippen MR) is 145 cm³/mol. The molecule has 0 radical (unpaired) electrons. The maximum absolute atomic E-state index is 13.7. The quantitative estimate of drug-likeness (QED) is 0.354. The summed E-state index contributed by atoms with van der Waals surface area (Å²) >= 11 is 2.14. The fraction of sp³-hybridized carbons (Fsp3) is 0.231. The van der Waals surface area contributed by atoms with Gasteiger partial charge in [0.15, 0.2) is 0 Å². The Morgan fingerprint density at radius 2 is 1.49 bits per heavy atom. The molecule has 184 valence electrons. The van der Waals surface area contributed by atoms with Gasteiger partial charge in [0.2, 0.25) is 11.8 Å². The zero-order valence-corrected chi connectivity index (χ0v) is 22.6. The number of carbonyl (C=O) groups excluding carboxylic acids is 2. The van der Waals surface area contributed by atoms with Crippen molar-refractivity contribution in [1.82, 2.24) is 10.2 Å². The lowest BCUT2D eigenvalue weighted by molar-refractivity contribution is -0.140. The number of nitrogens with zero attached hydrogens (tertiary/aromatic N) is 2. The second kappa shape index (κ2) is 12.2. The van der Waals surface area contributed by atoms with Gasteiger partial charge in [0, 0.05) is 17.2 Å². The van der Waals surface area contributed by atoms with Crippen LogP contribution < -0.4 is 9.62 Å². The third-order valence-corrected chi connectivity index (χ3v) is 8.06. The van der Waals surface area contributed by atoms with Gasteiger partial charge in [0.05, 0.1) is 10.6 Å². The summed E-state index contributed by atoms with van der Waals surface area (Å²) in [7, 11) is -2.52. The monoisotopic (exact) mass is 605 g/mol. The highest BCUT2D eigenvalue weighted by Crippen LogP contribution is 2.25. The number of rotatable bonds is 10.